The second-order valence-corrected chi connectivity index (χ2v) is 8.36. The molecule has 130 valence electrons. The average Bonchev–Trinajstić information content (AvgIpc) is 3.36. The number of carbonyl (C=O) groups is 1. The summed E-state index contributed by atoms with van der Waals surface area (Å²) >= 11 is 0. The first kappa shape index (κ1) is 17.2. The van der Waals surface area contributed by atoms with E-state index >= 15 is 0 Å². The number of sulfonamides is 1. The van der Waals surface area contributed by atoms with Gasteiger partial charge in [0.15, 0.2) is 0 Å². The summed E-state index contributed by atoms with van der Waals surface area (Å²) in [6.07, 6.45) is 3.54. The maximum absolute atomic E-state index is 12.8. The van der Waals surface area contributed by atoms with Crippen LogP contribution in [0.2, 0.25) is 0 Å². The maximum atomic E-state index is 12.8. The van der Waals surface area contributed by atoms with Crippen LogP contribution in [0.25, 0.3) is 0 Å². The molecule has 1 aliphatic heterocycles. The zero-order valence-electron chi connectivity index (χ0n) is 14.1. The Bertz CT molecular complexity index is 752. The molecule has 1 heterocycles. The summed E-state index contributed by atoms with van der Waals surface area (Å²) in [7, 11) is -3.49. The van der Waals surface area contributed by atoms with Crippen LogP contribution >= 0.6 is 0 Å². The molecule has 2 atom stereocenters. The standard InChI is InChI=1S/C18H23NO4S/c1-3-23-18(20)17-11-16(17)14-5-4-10-19(12-14)24(21,22)15-8-6-13(2)7-9-15/h5-9,16-17H,3-4,10-12H2,1-2H3/t16-,17+/m1/s1. The normalized spacial score (nSPS) is 24.3. The highest BCUT2D eigenvalue weighted by atomic mass is 32.2. The molecule has 0 amide bonds. The molecule has 0 bridgehead atoms. The van der Waals surface area contributed by atoms with Gasteiger partial charge in [0.05, 0.1) is 17.4 Å². The Kier molecular flexibility index (Phi) is 4.78. The average molecular weight is 349 g/mol. The van der Waals surface area contributed by atoms with Crippen molar-refractivity contribution in [2.24, 2.45) is 11.8 Å². The molecule has 1 aromatic carbocycles. The predicted molar refractivity (Wildman–Crippen MR) is 90.9 cm³/mol. The van der Waals surface area contributed by atoms with E-state index in [0.717, 1.165) is 17.6 Å². The van der Waals surface area contributed by atoms with Crippen LogP contribution in [0, 0.1) is 18.8 Å². The molecule has 0 aromatic heterocycles. The van der Waals surface area contributed by atoms with Gasteiger partial charge < -0.3 is 4.74 Å². The van der Waals surface area contributed by atoms with Crippen molar-refractivity contribution in [3.05, 3.63) is 41.5 Å². The predicted octanol–water partition coefficient (Wildman–Crippen LogP) is 2.52. The molecule has 1 fully saturated rings. The van der Waals surface area contributed by atoms with E-state index in [1.54, 1.807) is 19.1 Å². The number of rotatable bonds is 5. The number of aryl methyl sites for hydroxylation is 1. The third-order valence-electron chi connectivity index (χ3n) is 4.66. The smallest absolute Gasteiger partial charge is 0.309 e. The van der Waals surface area contributed by atoms with E-state index in [1.165, 1.54) is 4.31 Å². The lowest BCUT2D eigenvalue weighted by atomic mass is 10.1. The molecule has 6 heteroatoms. The Balaban J connectivity index is 1.70. The molecule has 0 unspecified atom stereocenters. The highest BCUT2D eigenvalue weighted by molar-refractivity contribution is 7.89. The van der Waals surface area contributed by atoms with Gasteiger partial charge in [-0.2, -0.15) is 4.31 Å². The van der Waals surface area contributed by atoms with E-state index in [-0.39, 0.29) is 17.8 Å². The highest BCUT2D eigenvalue weighted by Crippen LogP contribution is 2.46. The Morgan fingerprint density at radius 2 is 2.00 bits per heavy atom. The Hall–Kier alpha value is -1.66. The lowest BCUT2D eigenvalue weighted by molar-refractivity contribution is -0.144. The van der Waals surface area contributed by atoms with Gasteiger partial charge in [-0.05, 0) is 44.7 Å². The van der Waals surface area contributed by atoms with Crippen molar-refractivity contribution in [1.82, 2.24) is 4.31 Å². The highest BCUT2D eigenvalue weighted by Gasteiger charge is 2.47. The fourth-order valence-corrected chi connectivity index (χ4v) is 4.63. The van der Waals surface area contributed by atoms with Crippen LogP contribution < -0.4 is 0 Å². The number of benzene rings is 1. The number of nitrogens with zero attached hydrogens (tertiary/aromatic N) is 1. The molecular formula is C18H23NO4S. The number of carbonyl (C=O) groups excluding carboxylic acids is 1. The second-order valence-electron chi connectivity index (χ2n) is 6.42. The first-order valence-corrected chi connectivity index (χ1v) is 9.80. The van der Waals surface area contributed by atoms with E-state index in [2.05, 4.69) is 6.08 Å². The lowest BCUT2D eigenvalue weighted by Gasteiger charge is -2.27. The molecule has 5 nitrogen and oxygen atoms in total. The van der Waals surface area contributed by atoms with Crippen molar-refractivity contribution in [3.8, 4) is 0 Å². The van der Waals surface area contributed by atoms with Crippen molar-refractivity contribution in [2.75, 3.05) is 19.7 Å². The molecule has 0 radical (unpaired) electrons. The first-order chi connectivity index (χ1) is 11.4. The molecule has 1 saturated carbocycles. The summed E-state index contributed by atoms with van der Waals surface area (Å²) in [5, 5.41) is 0. The van der Waals surface area contributed by atoms with Crippen LogP contribution in [-0.4, -0.2) is 38.4 Å². The number of hydrogen-bond acceptors (Lipinski definition) is 4. The molecule has 0 spiro atoms. The molecule has 2 aliphatic rings. The summed E-state index contributed by atoms with van der Waals surface area (Å²) in [4.78, 5) is 12.1. The molecular weight excluding hydrogens is 326 g/mol. The van der Waals surface area contributed by atoms with Crippen LogP contribution in [0.5, 0.6) is 0 Å². The minimum atomic E-state index is -3.49. The summed E-state index contributed by atoms with van der Waals surface area (Å²) in [5.74, 6) is -0.125. The van der Waals surface area contributed by atoms with Crippen LogP contribution in [0.15, 0.2) is 40.8 Å². The SMILES string of the molecule is CCOC(=O)[C@H]1C[C@@H]1C1=CCCN(S(=O)(=O)c2ccc(C)cc2)C1. The van der Waals surface area contributed by atoms with Gasteiger partial charge in [-0.1, -0.05) is 29.3 Å². The zero-order chi connectivity index (χ0) is 17.3. The molecule has 3 rings (SSSR count). The summed E-state index contributed by atoms with van der Waals surface area (Å²) in [5.41, 5.74) is 2.08. The molecule has 24 heavy (non-hydrogen) atoms. The first-order valence-electron chi connectivity index (χ1n) is 8.36. The van der Waals surface area contributed by atoms with Gasteiger partial charge in [-0.25, -0.2) is 8.42 Å². The fourth-order valence-electron chi connectivity index (χ4n) is 3.19. The monoisotopic (exact) mass is 349 g/mol. The number of hydrogen-bond donors (Lipinski definition) is 0. The van der Waals surface area contributed by atoms with Gasteiger partial charge in [-0.15, -0.1) is 0 Å². The maximum Gasteiger partial charge on any atom is 0.309 e. The van der Waals surface area contributed by atoms with Crippen LogP contribution in [0.4, 0.5) is 0 Å². The number of ether oxygens (including phenoxy) is 1. The molecule has 1 aromatic rings. The Morgan fingerprint density at radius 1 is 1.29 bits per heavy atom. The van der Waals surface area contributed by atoms with Gasteiger partial charge in [0, 0.05) is 13.1 Å². The van der Waals surface area contributed by atoms with Crippen LogP contribution in [0.1, 0.15) is 25.3 Å². The minimum Gasteiger partial charge on any atom is -0.466 e. The summed E-state index contributed by atoms with van der Waals surface area (Å²) < 4.78 is 32.2. The van der Waals surface area contributed by atoms with E-state index < -0.39 is 10.0 Å². The summed E-state index contributed by atoms with van der Waals surface area (Å²) in [6.45, 7) is 4.97. The topological polar surface area (TPSA) is 63.7 Å². The van der Waals surface area contributed by atoms with Gasteiger partial charge in [-0.3, -0.25) is 4.79 Å². The summed E-state index contributed by atoms with van der Waals surface area (Å²) in [6, 6.07) is 6.93. The molecule has 0 N–H and O–H groups in total. The zero-order valence-corrected chi connectivity index (χ0v) is 14.9. The third-order valence-corrected chi connectivity index (χ3v) is 6.52. The Morgan fingerprint density at radius 3 is 2.67 bits per heavy atom. The largest absolute Gasteiger partial charge is 0.466 e. The number of esters is 1. The van der Waals surface area contributed by atoms with Gasteiger partial charge >= 0.3 is 5.97 Å². The minimum absolute atomic E-state index is 0.0989. The lowest BCUT2D eigenvalue weighted by Crippen LogP contribution is -2.36. The van der Waals surface area contributed by atoms with Gasteiger partial charge in [0.2, 0.25) is 10.0 Å². The van der Waals surface area contributed by atoms with Crippen molar-refractivity contribution in [1.29, 1.82) is 0 Å². The Labute approximate surface area is 143 Å². The van der Waals surface area contributed by atoms with E-state index in [1.807, 2.05) is 19.1 Å². The van der Waals surface area contributed by atoms with Crippen molar-refractivity contribution >= 4 is 16.0 Å². The third kappa shape index (κ3) is 3.39. The molecule has 0 saturated heterocycles. The van der Waals surface area contributed by atoms with Crippen molar-refractivity contribution < 1.29 is 17.9 Å². The van der Waals surface area contributed by atoms with E-state index in [9.17, 15) is 13.2 Å². The van der Waals surface area contributed by atoms with Crippen LogP contribution in [-0.2, 0) is 19.6 Å². The van der Waals surface area contributed by atoms with E-state index in [0.29, 0.717) is 31.0 Å². The fraction of sp³-hybridized carbons (Fsp3) is 0.500. The van der Waals surface area contributed by atoms with Gasteiger partial charge in [0.25, 0.3) is 0 Å². The van der Waals surface area contributed by atoms with Crippen LogP contribution in [0.3, 0.4) is 0 Å². The van der Waals surface area contributed by atoms with Crippen molar-refractivity contribution in [2.45, 2.75) is 31.6 Å². The van der Waals surface area contributed by atoms with E-state index in [4.69, 9.17) is 4.74 Å². The quantitative estimate of drug-likeness (QED) is 0.605. The molecule has 1 aliphatic carbocycles. The second kappa shape index (κ2) is 6.69. The van der Waals surface area contributed by atoms with Gasteiger partial charge in [0.1, 0.15) is 0 Å². The van der Waals surface area contributed by atoms with Crippen molar-refractivity contribution in [3.63, 3.8) is 0 Å².